The molecule has 0 aliphatic rings. The van der Waals surface area contributed by atoms with Crippen LogP contribution in [0.4, 0.5) is 0 Å². The van der Waals surface area contributed by atoms with E-state index in [0.29, 0.717) is 5.69 Å². The highest BCUT2D eigenvalue weighted by Crippen LogP contribution is 2.13. The van der Waals surface area contributed by atoms with Crippen LogP contribution in [0.1, 0.15) is 37.0 Å². The van der Waals surface area contributed by atoms with Crippen LogP contribution < -0.4 is 5.32 Å². The van der Waals surface area contributed by atoms with Gasteiger partial charge in [-0.3, -0.25) is 14.3 Å². The highest BCUT2D eigenvalue weighted by molar-refractivity contribution is 5.96. The molecule has 5 nitrogen and oxygen atoms in total. The summed E-state index contributed by atoms with van der Waals surface area (Å²) in [5.41, 5.74) is 0.805. The Labute approximate surface area is 101 Å². The van der Waals surface area contributed by atoms with Crippen LogP contribution in [0.3, 0.4) is 0 Å². The molecule has 0 saturated carbocycles. The fraction of sp³-hybridized carbons (Fsp3) is 0.583. The Kier molecular flexibility index (Phi) is 3.70. The maximum Gasteiger partial charge on any atom is 0.269 e. The fourth-order valence-corrected chi connectivity index (χ4v) is 1.34. The molecular formula is C12H19N3O2. The summed E-state index contributed by atoms with van der Waals surface area (Å²) in [4.78, 5) is 23.4. The van der Waals surface area contributed by atoms with E-state index in [9.17, 15) is 9.59 Å². The lowest BCUT2D eigenvalue weighted by Gasteiger charge is -2.16. The van der Waals surface area contributed by atoms with Crippen molar-refractivity contribution < 1.29 is 9.59 Å². The second-order valence-corrected chi connectivity index (χ2v) is 5.15. The Hall–Kier alpha value is -1.65. The first-order valence-electron chi connectivity index (χ1n) is 5.54. The minimum Gasteiger partial charge on any atom is -0.344 e. The second kappa shape index (κ2) is 4.69. The molecule has 1 N–H and O–H groups in total. The molecule has 1 aromatic heterocycles. The van der Waals surface area contributed by atoms with E-state index in [1.165, 1.54) is 4.68 Å². The quantitative estimate of drug-likeness (QED) is 0.855. The number of Topliss-reactive ketones (excluding diaryl/α,β-unsaturated/α-hetero) is 1. The van der Waals surface area contributed by atoms with Gasteiger partial charge in [0, 0.05) is 12.5 Å². The van der Waals surface area contributed by atoms with Gasteiger partial charge in [-0.1, -0.05) is 20.8 Å². The summed E-state index contributed by atoms with van der Waals surface area (Å²) in [5.74, 6) is -0.268. The number of nitrogens with zero attached hydrogens (tertiary/aromatic N) is 2. The zero-order valence-electron chi connectivity index (χ0n) is 11.0. The predicted molar refractivity (Wildman–Crippen MR) is 64.7 cm³/mol. The number of amides is 1. The Morgan fingerprint density at radius 3 is 2.41 bits per heavy atom. The molecule has 0 radical (unpaired) electrons. The van der Waals surface area contributed by atoms with Crippen LogP contribution in [0, 0.1) is 12.3 Å². The Morgan fingerprint density at radius 1 is 1.41 bits per heavy atom. The van der Waals surface area contributed by atoms with Gasteiger partial charge in [0.05, 0.1) is 12.2 Å². The molecule has 1 aromatic rings. The van der Waals surface area contributed by atoms with Crippen molar-refractivity contribution in [1.82, 2.24) is 15.1 Å². The van der Waals surface area contributed by atoms with Crippen LogP contribution in [-0.2, 0) is 11.8 Å². The lowest BCUT2D eigenvalue weighted by Crippen LogP contribution is -2.36. The summed E-state index contributed by atoms with van der Waals surface area (Å²) in [7, 11) is 1.70. The van der Waals surface area contributed by atoms with Gasteiger partial charge in [0.15, 0.2) is 5.78 Å². The van der Waals surface area contributed by atoms with E-state index in [1.54, 1.807) is 13.1 Å². The monoisotopic (exact) mass is 237 g/mol. The summed E-state index contributed by atoms with van der Waals surface area (Å²) in [6, 6.07) is 1.69. The number of carbonyl (C=O) groups is 2. The van der Waals surface area contributed by atoms with Gasteiger partial charge in [0.2, 0.25) is 0 Å². The molecule has 0 aliphatic heterocycles. The first-order chi connectivity index (χ1) is 7.71. The van der Waals surface area contributed by atoms with Crippen molar-refractivity contribution in [3.63, 3.8) is 0 Å². The highest BCUT2D eigenvalue weighted by atomic mass is 16.2. The number of ketones is 1. The number of aryl methyl sites for hydroxylation is 2. The number of hydrogen-bond donors (Lipinski definition) is 1. The van der Waals surface area contributed by atoms with Crippen molar-refractivity contribution in [3.8, 4) is 0 Å². The SMILES string of the molecule is Cc1cc(C(=O)NCC(=O)C(C)(C)C)n(C)n1. The summed E-state index contributed by atoms with van der Waals surface area (Å²) in [6.45, 7) is 7.35. The van der Waals surface area contributed by atoms with Crippen LogP contribution in [0.25, 0.3) is 0 Å². The van der Waals surface area contributed by atoms with Gasteiger partial charge in [-0.05, 0) is 13.0 Å². The zero-order valence-corrected chi connectivity index (χ0v) is 11.0. The molecule has 0 aliphatic carbocycles. The van der Waals surface area contributed by atoms with Gasteiger partial charge in [-0.15, -0.1) is 0 Å². The molecule has 5 heteroatoms. The Balaban J connectivity index is 2.63. The van der Waals surface area contributed by atoms with Crippen molar-refractivity contribution in [1.29, 1.82) is 0 Å². The lowest BCUT2D eigenvalue weighted by atomic mass is 9.91. The zero-order chi connectivity index (χ0) is 13.2. The molecule has 0 spiro atoms. The van der Waals surface area contributed by atoms with Crippen LogP contribution >= 0.6 is 0 Å². The molecule has 1 rings (SSSR count). The average Bonchev–Trinajstić information content (AvgIpc) is 2.52. The van der Waals surface area contributed by atoms with Crippen LogP contribution in [0.2, 0.25) is 0 Å². The predicted octanol–water partition coefficient (Wildman–Crippen LogP) is 1.07. The Bertz CT molecular complexity index is 441. The normalized spacial score (nSPS) is 11.4. The minimum absolute atomic E-state index is 0.00439. The van der Waals surface area contributed by atoms with Gasteiger partial charge >= 0.3 is 0 Å². The van der Waals surface area contributed by atoms with E-state index >= 15 is 0 Å². The van der Waals surface area contributed by atoms with Gasteiger partial charge in [0.1, 0.15) is 5.69 Å². The number of aromatic nitrogens is 2. The average molecular weight is 237 g/mol. The standard InChI is InChI=1S/C12H19N3O2/c1-8-6-9(15(5)14-8)11(17)13-7-10(16)12(2,3)4/h6H,7H2,1-5H3,(H,13,17). The van der Waals surface area contributed by atoms with Crippen molar-refractivity contribution in [2.24, 2.45) is 12.5 Å². The van der Waals surface area contributed by atoms with Crippen LogP contribution in [0.5, 0.6) is 0 Å². The third kappa shape index (κ3) is 3.41. The number of carbonyl (C=O) groups excluding carboxylic acids is 2. The lowest BCUT2D eigenvalue weighted by molar-refractivity contribution is -0.125. The number of rotatable bonds is 3. The van der Waals surface area contributed by atoms with Gasteiger partial charge in [-0.25, -0.2) is 0 Å². The summed E-state index contributed by atoms with van der Waals surface area (Å²) in [6.07, 6.45) is 0. The van der Waals surface area contributed by atoms with Crippen molar-refractivity contribution in [2.45, 2.75) is 27.7 Å². The molecule has 1 heterocycles. The van der Waals surface area contributed by atoms with Crippen molar-refractivity contribution >= 4 is 11.7 Å². The molecule has 0 aromatic carbocycles. The Morgan fingerprint density at radius 2 is 2.00 bits per heavy atom. The van der Waals surface area contributed by atoms with E-state index in [4.69, 9.17) is 0 Å². The molecule has 17 heavy (non-hydrogen) atoms. The fourth-order valence-electron chi connectivity index (χ4n) is 1.34. The minimum atomic E-state index is -0.435. The summed E-state index contributed by atoms with van der Waals surface area (Å²) < 4.78 is 1.51. The van der Waals surface area contributed by atoms with Crippen LogP contribution in [0.15, 0.2) is 6.07 Å². The first kappa shape index (κ1) is 13.4. The molecular weight excluding hydrogens is 218 g/mol. The van der Waals surface area contributed by atoms with Crippen molar-refractivity contribution in [2.75, 3.05) is 6.54 Å². The third-order valence-electron chi connectivity index (χ3n) is 2.48. The molecule has 0 atom stereocenters. The molecule has 0 fully saturated rings. The van der Waals surface area contributed by atoms with E-state index in [-0.39, 0.29) is 18.2 Å². The molecule has 94 valence electrons. The largest absolute Gasteiger partial charge is 0.344 e. The third-order valence-corrected chi connectivity index (χ3v) is 2.48. The maximum atomic E-state index is 11.8. The topological polar surface area (TPSA) is 64.0 Å². The van der Waals surface area contributed by atoms with Gasteiger partial charge in [-0.2, -0.15) is 5.10 Å². The summed E-state index contributed by atoms with van der Waals surface area (Å²) >= 11 is 0. The van der Waals surface area contributed by atoms with E-state index in [2.05, 4.69) is 10.4 Å². The second-order valence-electron chi connectivity index (χ2n) is 5.15. The van der Waals surface area contributed by atoms with Crippen LogP contribution in [-0.4, -0.2) is 28.0 Å². The van der Waals surface area contributed by atoms with E-state index in [1.807, 2.05) is 27.7 Å². The molecule has 1 amide bonds. The summed E-state index contributed by atoms with van der Waals surface area (Å²) in [5, 5.41) is 6.69. The van der Waals surface area contributed by atoms with Crippen molar-refractivity contribution in [3.05, 3.63) is 17.5 Å². The van der Waals surface area contributed by atoms with E-state index < -0.39 is 5.41 Å². The number of hydrogen-bond acceptors (Lipinski definition) is 3. The van der Waals surface area contributed by atoms with Gasteiger partial charge < -0.3 is 5.32 Å². The molecule has 0 unspecified atom stereocenters. The maximum absolute atomic E-state index is 11.8. The first-order valence-corrected chi connectivity index (χ1v) is 5.54. The molecule has 0 bridgehead atoms. The number of nitrogens with one attached hydrogen (secondary N) is 1. The van der Waals surface area contributed by atoms with Gasteiger partial charge in [0.25, 0.3) is 5.91 Å². The molecule has 0 saturated heterocycles. The highest BCUT2D eigenvalue weighted by Gasteiger charge is 2.22. The smallest absolute Gasteiger partial charge is 0.269 e. The van der Waals surface area contributed by atoms with E-state index in [0.717, 1.165) is 5.69 Å².